The predicted molar refractivity (Wildman–Crippen MR) is 120 cm³/mol. The Balaban J connectivity index is 1.69. The Morgan fingerprint density at radius 1 is 1.03 bits per heavy atom. The summed E-state index contributed by atoms with van der Waals surface area (Å²) in [5, 5.41) is 0. The van der Waals surface area contributed by atoms with Crippen LogP contribution in [0.4, 0.5) is 4.39 Å². The number of pyridine rings is 1. The van der Waals surface area contributed by atoms with Gasteiger partial charge in [0.1, 0.15) is 18.2 Å². The third-order valence-corrected chi connectivity index (χ3v) is 5.04. The van der Waals surface area contributed by atoms with Gasteiger partial charge in [0.15, 0.2) is 0 Å². The molecule has 0 N–H and O–H groups in total. The van der Waals surface area contributed by atoms with Crippen molar-refractivity contribution in [2.75, 3.05) is 6.61 Å². The van der Waals surface area contributed by atoms with Crippen LogP contribution in [-0.4, -0.2) is 22.1 Å². The summed E-state index contributed by atoms with van der Waals surface area (Å²) in [6.07, 6.45) is 3.21. The summed E-state index contributed by atoms with van der Waals surface area (Å²) in [6.45, 7) is 4.38. The number of carbonyl (C=O) groups excluding carboxylic acids is 1. The van der Waals surface area contributed by atoms with Crippen LogP contribution >= 0.6 is 0 Å². The average molecular weight is 430 g/mol. The van der Waals surface area contributed by atoms with Gasteiger partial charge in [-0.05, 0) is 61.9 Å². The quantitative estimate of drug-likeness (QED) is 0.351. The van der Waals surface area contributed by atoms with Crippen molar-refractivity contribution in [3.05, 3.63) is 102 Å². The highest BCUT2D eigenvalue weighted by Gasteiger charge is 2.16. The lowest BCUT2D eigenvalue weighted by Crippen LogP contribution is -2.07. The monoisotopic (exact) mass is 430 g/mol. The highest BCUT2D eigenvalue weighted by atomic mass is 19.1. The number of rotatable bonds is 7. The zero-order chi connectivity index (χ0) is 22.5. The fraction of sp³-hybridized carbons (Fsp3) is 0.154. The number of ether oxygens (including phenoxy) is 2. The first-order valence-corrected chi connectivity index (χ1v) is 10.3. The molecule has 0 fully saturated rings. The maximum atomic E-state index is 13.2. The molecule has 4 aromatic rings. The Bertz CT molecular complexity index is 1230. The van der Waals surface area contributed by atoms with Gasteiger partial charge < -0.3 is 14.0 Å². The maximum absolute atomic E-state index is 13.2. The second-order valence-corrected chi connectivity index (χ2v) is 7.26. The minimum Gasteiger partial charge on any atom is -0.488 e. The van der Waals surface area contributed by atoms with Gasteiger partial charge in [-0.3, -0.25) is 4.98 Å². The van der Waals surface area contributed by atoms with Gasteiger partial charge in [-0.1, -0.05) is 24.3 Å². The van der Waals surface area contributed by atoms with E-state index in [0.717, 1.165) is 28.2 Å². The van der Waals surface area contributed by atoms with E-state index in [2.05, 4.69) is 4.98 Å². The fourth-order valence-electron chi connectivity index (χ4n) is 3.51. The molecule has 0 saturated heterocycles. The van der Waals surface area contributed by atoms with Crippen molar-refractivity contribution in [3.8, 4) is 22.7 Å². The molecule has 0 spiro atoms. The fourth-order valence-corrected chi connectivity index (χ4v) is 3.51. The first kappa shape index (κ1) is 21.3. The number of hydrogen-bond acceptors (Lipinski definition) is 4. The van der Waals surface area contributed by atoms with Crippen LogP contribution in [0, 0.1) is 12.7 Å². The van der Waals surface area contributed by atoms with Crippen LogP contribution in [0.25, 0.3) is 16.9 Å². The van der Waals surface area contributed by atoms with E-state index in [1.54, 1.807) is 31.3 Å². The molecule has 0 aliphatic carbocycles. The molecule has 162 valence electrons. The van der Waals surface area contributed by atoms with E-state index in [9.17, 15) is 9.18 Å². The number of aromatic nitrogens is 2. The SMILES string of the molecule is CCOC(=O)c1cncc(-n2c(C)ccc2-c2ccccc2OCc2ccc(F)cc2)c1. The molecule has 0 saturated carbocycles. The van der Waals surface area contributed by atoms with Crippen LogP contribution in [-0.2, 0) is 11.3 Å². The lowest BCUT2D eigenvalue weighted by atomic mass is 10.1. The van der Waals surface area contributed by atoms with Crippen molar-refractivity contribution in [2.24, 2.45) is 0 Å². The summed E-state index contributed by atoms with van der Waals surface area (Å²) in [4.78, 5) is 16.4. The Morgan fingerprint density at radius 3 is 2.59 bits per heavy atom. The highest BCUT2D eigenvalue weighted by molar-refractivity contribution is 5.89. The zero-order valence-corrected chi connectivity index (χ0v) is 17.9. The van der Waals surface area contributed by atoms with E-state index in [4.69, 9.17) is 9.47 Å². The first-order chi connectivity index (χ1) is 15.6. The van der Waals surface area contributed by atoms with E-state index in [0.29, 0.717) is 24.5 Å². The van der Waals surface area contributed by atoms with Gasteiger partial charge in [0, 0.05) is 17.5 Å². The van der Waals surface area contributed by atoms with E-state index >= 15 is 0 Å². The van der Waals surface area contributed by atoms with Gasteiger partial charge >= 0.3 is 5.97 Å². The number of halogens is 1. The van der Waals surface area contributed by atoms with Gasteiger partial charge in [0.2, 0.25) is 0 Å². The molecule has 0 aliphatic rings. The second-order valence-electron chi connectivity index (χ2n) is 7.26. The van der Waals surface area contributed by atoms with E-state index < -0.39 is 5.97 Å². The minimum absolute atomic E-state index is 0.277. The number of benzene rings is 2. The lowest BCUT2D eigenvalue weighted by molar-refractivity contribution is 0.0526. The van der Waals surface area contributed by atoms with Crippen molar-refractivity contribution >= 4 is 5.97 Å². The number of para-hydroxylation sites is 1. The molecule has 0 unspecified atom stereocenters. The number of aryl methyl sites for hydroxylation is 1. The normalized spacial score (nSPS) is 10.7. The summed E-state index contributed by atoms with van der Waals surface area (Å²) in [7, 11) is 0. The molecule has 2 heterocycles. The summed E-state index contributed by atoms with van der Waals surface area (Å²) < 4.78 is 26.4. The van der Waals surface area contributed by atoms with Crippen LogP contribution in [0.15, 0.2) is 79.1 Å². The third-order valence-electron chi connectivity index (χ3n) is 5.04. The standard InChI is InChI=1S/C26H23FN2O3/c1-3-31-26(30)20-14-22(16-28-15-20)29-18(2)8-13-24(29)23-6-4-5-7-25(23)32-17-19-9-11-21(27)12-10-19/h4-16H,3,17H2,1-2H3. The minimum atomic E-state index is -0.406. The van der Waals surface area contributed by atoms with E-state index in [-0.39, 0.29) is 5.82 Å². The third kappa shape index (κ3) is 4.54. The molecule has 4 rings (SSSR count). The molecule has 0 amide bonds. The van der Waals surface area contributed by atoms with Crippen molar-refractivity contribution < 1.29 is 18.7 Å². The summed E-state index contributed by atoms with van der Waals surface area (Å²) >= 11 is 0. The van der Waals surface area contributed by atoms with Gasteiger partial charge in [0.05, 0.1) is 29.7 Å². The second kappa shape index (κ2) is 9.47. The Morgan fingerprint density at radius 2 is 1.81 bits per heavy atom. The lowest BCUT2D eigenvalue weighted by Gasteiger charge is -2.16. The molecule has 0 radical (unpaired) electrons. The molecule has 2 aromatic carbocycles. The molecule has 0 atom stereocenters. The maximum Gasteiger partial charge on any atom is 0.339 e. The molecular weight excluding hydrogens is 407 g/mol. The molecule has 5 nitrogen and oxygen atoms in total. The van der Waals surface area contributed by atoms with Crippen LogP contribution in [0.2, 0.25) is 0 Å². The molecule has 0 aliphatic heterocycles. The summed E-state index contributed by atoms with van der Waals surface area (Å²) in [6, 6.07) is 19.8. The van der Waals surface area contributed by atoms with E-state index in [1.165, 1.54) is 18.3 Å². The smallest absolute Gasteiger partial charge is 0.339 e. The van der Waals surface area contributed by atoms with E-state index in [1.807, 2.05) is 47.9 Å². The first-order valence-electron chi connectivity index (χ1n) is 10.3. The average Bonchev–Trinajstić information content (AvgIpc) is 3.20. The number of carbonyl (C=O) groups is 1. The van der Waals surface area contributed by atoms with Crippen molar-refractivity contribution in [2.45, 2.75) is 20.5 Å². The van der Waals surface area contributed by atoms with Gasteiger partial charge in [-0.2, -0.15) is 0 Å². The number of hydrogen-bond donors (Lipinski definition) is 0. The molecule has 32 heavy (non-hydrogen) atoms. The van der Waals surface area contributed by atoms with Gasteiger partial charge in [-0.15, -0.1) is 0 Å². The summed E-state index contributed by atoms with van der Waals surface area (Å²) in [5.41, 5.74) is 4.80. The van der Waals surface area contributed by atoms with Crippen LogP contribution < -0.4 is 4.74 Å². The largest absolute Gasteiger partial charge is 0.488 e. The van der Waals surface area contributed by atoms with Gasteiger partial charge in [0.25, 0.3) is 0 Å². The number of esters is 1. The Kier molecular flexibility index (Phi) is 6.31. The molecule has 6 heteroatoms. The summed E-state index contributed by atoms with van der Waals surface area (Å²) in [5.74, 6) is 0.0167. The molecule has 2 aromatic heterocycles. The Labute approximate surface area is 186 Å². The topological polar surface area (TPSA) is 53.3 Å². The van der Waals surface area contributed by atoms with Crippen molar-refractivity contribution in [1.82, 2.24) is 9.55 Å². The van der Waals surface area contributed by atoms with Crippen LogP contribution in [0.3, 0.4) is 0 Å². The van der Waals surface area contributed by atoms with Crippen molar-refractivity contribution in [3.63, 3.8) is 0 Å². The van der Waals surface area contributed by atoms with Crippen LogP contribution in [0.5, 0.6) is 5.75 Å². The molecule has 0 bridgehead atoms. The predicted octanol–water partition coefficient (Wildman–Crippen LogP) is 5.74. The van der Waals surface area contributed by atoms with Crippen LogP contribution in [0.1, 0.15) is 28.5 Å². The van der Waals surface area contributed by atoms with Gasteiger partial charge in [-0.25, -0.2) is 9.18 Å². The number of nitrogens with zero attached hydrogens (tertiary/aromatic N) is 2. The zero-order valence-electron chi connectivity index (χ0n) is 17.9. The van der Waals surface area contributed by atoms with Crippen molar-refractivity contribution in [1.29, 1.82) is 0 Å². The molecular formula is C26H23FN2O3. The Hall–Kier alpha value is -3.93. The highest BCUT2D eigenvalue weighted by Crippen LogP contribution is 2.34.